The number of hydrogen-bond acceptors (Lipinski definition) is 3. The van der Waals surface area contributed by atoms with Crippen LogP contribution in [0.4, 0.5) is 0 Å². The summed E-state index contributed by atoms with van der Waals surface area (Å²) in [5, 5.41) is 11.0. The van der Waals surface area contributed by atoms with Crippen LogP contribution in [-0.2, 0) is 0 Å². The van der Waals surface area contributed by atoms with E-state index in [0.717, 1.165) is 19.5 Å². The lowest BCUT2D eigenvalue weighted by molar-refractivity contribution is 0.162. The summed E-state index contributed by atoms with van der Waals surface area (Å²) in [4.78, 5) is 0. The van der Waals surface area contributed by atoms with Gasteiger partial charge in [0.2, 0.25) is 0 Å². The van der Waals surface area contributed by atoms with Crippen LogP contribution < -0.4 is 5.43 Å². The Morgan fingerprint density at radius 2 is 2.50 bits per heavy atom. The van der Waals surface area contributed by atoms with Crippen LogP contribution in [0, 0.1) is 0 Å². The number of hydrogen-bond donors (Lipinski definition) is 2. The number of aliphatic hydroxyl groups excluding tert-OH is 1. The van der Waals surface area contributed by atoms with E-state index in [4.69, 9.17) is 5.11 Å². The SMILES string of the molecule is CNN1CCC(O)C1. The van der Waals surface area contributed by atoms with Gasteiger partial charge in [0.05, 0.1) is 6.10 Å². The molecule has 1 unspecified atom stereocenters. The zero-order valence-corrected chi connectivity index (χ0v) is 5.09. The van der Waals surface area contributed by atoms with Crippen LogP contribution in [0.15, 0.2) is 0 Å². The van der Waals surface area contributed by atoms with Crippen molar-refractivity contribution in [1.29, 1.82) is 0 Å². The van der Waals surface area contributed by atoms with E-state index in [1.165, 1.54) is 0 Å². The molecule has 0 saturated carbocycles. The van der Waals surface area contributed by atoms with E-state index in [1.807, 2.05) is 12.1 Å². The molecule has 0 radical (unpaired) electrons. The zero-order chi connectivity index (χ0) is 5.98. The summed E-state index contributed by atoms with van der Waals surface area (Å²) < 4.78 is 0. The standard InChI is InChI=1S/C5H12N2O/c1-6-7-3-2-5(8)4-7/h5-6,8H,2-4H2,1H3. The summed E-state index contributed by atoms with van der Waals surface area (Å²) >= 11 is 0. The van der Waals surface area contributed by atoms with Crippen LogP contribution in [0.25, 0.3) is 0 Å². The highest BCUT2D eigenvalue weighted by Gasteiger charge is 2.17. The lowest BCUT2D eigenvalue weighted by atomic mass is 10.3. The number of rotatable bonds is 1. The van der Waals surface area contributed by atoms with E-state index in [-0.39, 0.29) is 6.10 Å². The van der Waals surface area contributed by atoms with Crippen LogP contribution >= 0.6 is 0 Å². The zero-order valence-electron chi connectivity index (χ0n) is 5.09. The van der Waals surface area contributed by atoms with Crippen molar-refractivity contribution in [3.63, 3.8) is 0 Å². The molecule has 0 aliphatic carbocycles. The number of nitrogens with zero attached hydrogens (tertiary/aromatic N) is 1. The van der Waals surface area contributed by atoms with Gasteiger partial charge < -0.3 is 5.11 Å². The second-order valence-corrected chi connectivity index (χ2v) is 2.11. The van der Waals surface area contributed by atoms with Crippen LogP contribution in [0.1, 0.15) is 6.42 Å². The normalized spacial score (nSPS) is 31.5. The van der Waals surface area contributed by atoms with Crippen LogP contribution in [-0.4, -0.2) is 36.4 Å². The highest BCUT2D eigenvalue weighted by Crippen LogP contribution is 2.03. The minimum absolute atomic E-state index is 0.109. The number of β-amino-alcohol motifs (C(OH)–C–C–N with tert-alkyl or cyclic N) is 1. The van der Waals surface area contributed by atoms with E-state index >= 15 is 0 Å². The summed E-state index contributed by atoms with van der Waals surface area (Å²) in [7, 11) is 1.87. The monoisotopic (exact) mass is 116 g/mol. The van der Waals surface area contributed by atoms with Crippen molar-refractivity contribution in [3.8, 4) is 0 Å². The summed E-state index contributed by atoms with van der Waals surface area (Å²) in [5.41, 5.74) is 2.97. The molecule has 1 fully saturated rings. The van der Waals surface area contributed by atoms with Crippen LogP contribution in [0.2, 0.25) is 0 Å². The van der Waals surface area contributed by atoms with Crippen molar-refractivity contribution in [1.82, 2.24) is 10.4 Å². The fraction of sp³-hybridized carbons (Fsp3) is 1.00. The first-order valence-electron chi connectivity index (χ1n) is 2.93. The van der Waals surface area contributed by atoms with Crippen molar-refractivity contribution < 1.29 is 5.11 Å². The third-order valence-electron chi connectivity index (χ3n) is 1.48. The molecule has 1 aliphatic heterocycles. The highest BCUT2D eigenvalue weighted by molar-refractivity contribution is 4.69. The average molecular weight is 116 g/mol. The topological polar surface area (TPSA) is 35.5 Å². The Labute approximate surface area is 49.3 Å². The quantitative estimate of drug-likeness (QED) is 0.470. The lowest BCUT2D eigenvalue weighted by Gasteiger charge is -2.10. The molecule has 0 aromatic rings. The predicted molar refractivity (Wildman–Crippen MR) is 31.3 cm³/mol. The summed E-state index contributed by atoms with van der Waals surface area (Å²) in [6, 6.07) is 0. The van der Waals surface area contributed by atoms with Gasteiger partial charge >= 0.3 is 0 Å². The maximum atomic E-state index is 8.95. The van der Waals surface area contributed by atoms with Gasteiger partial charge in [0.15, 0.2) is 0 Å². The van der Waals surface area contributed by atoms with E-state index in [1.54, 1.807) is 0 Å². The predicted octanol–water partition coefficient (Wildman–Crippen LogP) is -0.813. The summed E-state index contributed by atoms with van der Waals surface area (Å²) in [5.74, 6) is 0. The molecule has 8 heavy (non-hydrogen) atoms. The van der Waals surface area contributed by atoms with E-state index < -0.39 is 0 Å². The van der Waals surface area contributed by atoms with Crippen molar-refractivity contribution in [3.05, 3.63) is 0 Å². The van der Waals surface area contributed by atoms with Crippen molar-refractivity contribution >= 4 is 0 Å². The molecule has 0 aromatic carbocycles. The molecule has 0 bridgehead atoms. The molecule has 3 heteroatoms. The molecule has 0 aromatic heterocycles. The van der Waals surface area contributed by atoms with Gasteiger partial charge in [0.1, 0.15) is 0 Å². The fourth-order valence-electron chi connectivity index (χ4n) is 0.945. The third kappa shape index (κ3) is 1.18. The van der Waals surface area contributed by atoms with Gasteiger partial charge in [-0.3, -0.25) is 5.43 Å². The van der Waals surface area contributed by atoms with Gasteiger partial charge in [-0.25, -0.2) is 5.01 Å². The summed E-state index contributed by atoms with van der Waals surface area (Å²) in [6.07, 6.45) is 0.795. The Hall–Kier alpha value is -0.120. The first-order valence-corrected chi connectivity index (χ1v) is 2.93. The first-order chi connectivity index (χ1) is 3.83. The largest absolute Gasteiger partial charge is 0.392 e. The smallest absolute Gasteiger partial charge is 0.0693 e. The molecular weight excluding hydrogens is 104 g/mol. The van der Waals surface area contributed by atoms with Crippen molar-refractivity contribution in [2.45, 2.75) is 12.5 Å². The average Bonchev–Trinajstić information content (AvgIpc) is 2.14. The van der Waals surface area contributed by atoms with E-state index in [9.17, 15) is 0 Å². The molecular formula is C5H12N2O. The maximum Gasteiger partial charge on any atom is 0.0693 e. The Kier molecular flexibility index (Phi) is 1.83. The Balaban J connectivity index is 2.22. The van der Waals surface area contributed by atoms with Crippen LogP contribution in [0.3, 0.4) is 0 Å². The van der Waals surface area contributed by atoms with Gasteiger partial charge in [0, 0.05) is 13.1 Å². The number of nitrogens with one attached hydrogen (secondary N) is 1. The van der Waals surface area contributed by atoms with E-state index in [0.29, 0.717) is 0 Å². The van der Waals surface area contributed by atoms with Gasteiger partial charge in [-0.15, -0.1) is 0 Å². The minimum Gasteiger partial charge on any atom is -0.392 e. The van der Waals surface area contributed by atoms with Crippen molar-refractivity contribution in [2.75, 3.05) is 20.1 Å². The lowest BCUT2D eigenvalue weighted by Crippen LogP contribution is -2.33. The van der Waals surface area contributed by atoms with Gasteiger partial charge in [0.25, 0.3) is 0 Å². The Morgan fingerprint density at radius 3 is 2.75 bits per heavy atom. The molecule has 3 nitrogen and oxygen atoms in total. The molecule has 1 saturated heterocycles. The Morgan fingerprint density at radius 1 is 1.75 bits per heavy atom. The first kappa shape index (κ1) is 6.01. The van der Waals surface area contributed by atoms with Gasteiger partial charge in [-0.05, 0) is 13.5 Å². The molecule has 1 rings (SSSR count). The molecule has 0 amide bonds. The van der Waals surface area contributed by atoms with Crippen molar-refractivity contribution in [2.24, 2.45) is 0 Å². The fourth-order valence-corrected chi connectivity index (χ4v) is 0.945. The van der Waals surface area contributed by atoms with Crippen LogP contribution in [0.5, 0.6) is 0 Å². The maximum absolute atomic E-state index is 8.95. The van der Waals surface area contributed by atoms with Gasteiger partial charge in [-0.1, -0.05) is 0 Å². The molecule has 1 heterocycles. The molecule has 1 aliphatic rings. The molecule has 2 N–H and O–H groups in total. The van der Waals surface area contributed by atoms with E-state index in [2.05, 4.69) is 5.43 Å². The highest BCUT2D eigenvalue weighted by atomic mass is 16.3. The second-order valence-electron chi connectivity index (χ2n) is 2.11. The molecule has 1 atom stereocenters. The third-order valence-corrected chi connectivity index (χ3v) is 1.48. The summed E-state index contributed by atoms with van der Waals surface area (Å²) in [6.45, 7) is 1.74. The van der Waals surface area contributed by atoms with Gasteiger partial charge in [-0.2, -0.15) is 0 Å². The second kappa shape index (κ2) is 2.44. The Bertz CT molecular complexity index is 76.8. The minimum atomic E-state index is -0.109. The molecule has 48 valence electrons. The number of aliphatic hydroxyl groups is 1. The molecule has 0 spiro atoms. The number of hydrazine groups is 1.